The Morgan fingerprint density at radius 1 is 1.39 bits per heavy atom. The maximum Gasteiger partial charge on any atom is 0.0722 e. The first-order valence-corrected chi connectivity index (χ1v) is 7.00. The Bertz CT molecular complexity index is 336. The van der Waals surface area contributed by atoms with Gasteiger partial charge in [-0.3, -0.25) is 4.98 Å². The molecule has 1 aliphatic rings. The Morgan fingerprint density at radius 3 is 2.83 bits per heavy atom. The van der Waals surface area contributed by atoms with Crippen LogP contribution in [-0.2, 0) is 11.2 Å². The molecule has 100 valence electrons. The predicted octanol–water partition coefficient (Wildman–Crippen LogP) is 2.42. The van der Waals surface area contributed by atoms with Crippen molar-refractivity contribution < 1.29 is 4.74 Å². The van der Waals surface area contributed by atoms with Crippen molar-refractivity contribution in [3.05, 3.63) is 30.1 Å². The predicted molar refractivity (Wildman–Crippen MR) is 73.5 cm³/mol. The van der Waals surface area contributed by atoms with Gasteiger partial charge >= 0.3 is 0 Å². The van der Waals surface area contributed by atoms with Crippen LogP contribution in [0.15, 0.2) is 24.4 Å². The molecular formula is C15H24N2O. The fourth-order valence-electron chi connectivity index (χ4n) is 1.92. The van der Waals surface area contributed by atoms with E-state index in [1.165, 1.54) is 12.8 Å². The van der Waals surface area contributed by atoms with Crippen molar-refractivity contribution in [2.45, 2.75) is 45.3 Å². The van der Waals surface area contributed by atoms with E-state index in [0.29, 0.717) is 12.0 Å². The summed E-state index contributed by atoms with van der Waals surface area (Å²) in [7, 11) is 0. The average Bonchev–Trinajstić information content (AvgIpc) is 3.18. The van der Waals surface area contributed by atoms with E-state index in [4.69, 9.17) is 4.74 Å². The molecule has 0 bridgehead atoms. The third kappa shape index (κ3) is 4.75. The molecule has 1 atom stereocenters. The minimum absolute atomic E-state index is 0.314. The van der Waals surface area contributed by atoms with Crippen LogP contribution in [0.4, 0.5) is 0 Å². The minimum atomic E-state index is 0.314. The number of pyridine rings is 1. The van der Waals surface area contributed by atoms with Crippen molar-refractivity contribution in [1.82, 2.24) is 10.3 Å². The quantitative estimate of drug-likeness (QED) is 0.767. The molecule has 0 amide bonds. The maximum absolute atomic E-state index is 5.98. The van der Waals surface area contributed by atoms with E-state index in [-0.39, 0.29) is 0 Å². The van der Waals surface area contributed by atoms with Gasteiger partial charge in [-0.05, 0) is 30.9 Å². The molecule has 0 saturated heterocycles. The van der Waals surface area contributed by atoms with E-state index in [9.17, 15) is 0 Å². The van der Waals surface area contributed by atoms with Gasteiger partial charge in [0.2, 0.25) is 0 Å². The van der Waals surface area contributed by atoms with Crippen molar-refractivity contribution in [3.8, 4) is 0 Å². The van der Waals surface area contributed by atoms with Gasteiger partial charge in [0.05, 0.1) is 12.7 Å². The lowest BCUT2D eigenvalue weighted by Gasteiger charge is -2.22. The molecule has 1 aromatic rings. The van der Waals surface area contributed by atoms with E-state index in [2.05, 4.69) is 30.2 Å². The second-order valence-electron chi connectivity index (χ2n) is 5.41. The van der Waals surface area contributed by atoms with Crippen LogP contribution in [0.2, 0.25) is 0 Å². The molecule has 18 heavy (non-hydrogen) atoms. The smallest absolute Gasteiger partial charge is 0.0722 e. The molecule has 1 unspecified atom stereocenters. The Balaban J connectivity index is 1.68. The Kier molecular flexibility index (Phi) is 5.14. The second kappa shape index (κ2) is 6.86. The molecule has 0 aromatic carbocycles. The fraction of sp³-hybridized carbons (Fsp3) is 0.667. The zero-order chi connectivity index (χ0) is 12.8. The maximum atomic E-state index is 5.98. The standard InChI is InChI=1S/C15H24N2O/c1-12(2)15(11-17-14-6-7-14)18-10-8-13-5-3-4-9-16-13/h3-5,9,12,14-15,17H,6-8,10-11H2,1-2H3. The molecule has 0 aliphatic heterocycles. The summed E-state index contributed by atoms with van der Waals surface area (Å²) in [6.45, 7) is 6.18. The van der Waals surface area contributed by atoms with Gasteiger partial charge in [0.1, 0.15) is 0 Å². The normalized spacial score (nSPS) is 17.1. The van der Waals surface area contributed by atoms with Gasteiger partial charge in [-0.15, -0.1) is 0 Å². The average molecular weight is 248 g/mol. The zero-order valence-corrected chi connectivity index (χ0v) is 11.4. The summed E-state index contributed by atoms with van der Waals surface area (Å²) >= 11 is 0. The molecule has 3 nitrogen and oxygen atoms in total. The lowest BCUT2D eigenvalue weighted by atomic mass is 10.1. The van der Waals surface area contributed by atoms with Crippen molar-refractivity contribution >= 4 is 0 Å². The lowest BCUT2D eigenvalue weighted by Crippen LogP contribution is -2.34. The van der Waals surface area contributed by atoms with E-state index in [1.807, 2.05) is 18.3 Å². The van der Waals surface area contributed by atoms with Crippen LogP contribution in [0.5, 0.6) is 0 Å². The number of nitrogens with zero attached hydrogens (tertiary/aromatic N) is 1. The summed E-state index contributed by atoms with van der Waals surface area (Å²) in [5, 5.41) is 3.55. The van der Waals surface area contributed by atoms with Crippen LogP contribution >= 0.6 is 0 Å². The van der Waals surface area contributed by atoms with Gasteiger partial charge in [0.15, 0.2) is 0 Å². The van der Waals surface area contributed by atoms with Gasteiger partial charge in [-0.1, -0.05) is 19.9 Å². The topological polar surface area (TPSA) is 34.1 Å². The largest absolute Gasteiger partial charge is 0.376 e. The highest BCUT2D eigenvalue weighted by Crippen LogP contribution is 2.19. The number of hydrogen-bond donors (Lipinski definition) is 1. The van der Waals surface area contributed by atoms with Crippen molar-refractivity contribution in [1.29, 1.82) is 0 Å². The van der Waals surface area contributed by atoms with Crippen molar-refractivity contribution in [3.63, 3.8) is 0 Å². The molecular weight excluding hydrogens is 224 g/mol. The number of hydrogen-bond acceptors (Lipinski definition) is 3. The summed E-state index contributed by atoms with van der Waals surface area (Å²) in [6.07, 6.45) is 5.71. The van der Waals surface area contributed by atoms with Crippen LogP contribution in [0.25, 0.3) is 0 Å². The van der Waals surface area contributed by atoms with Crippen LogP contribution in [0, 0.1) is 5.92 Å². The summed E-state index contributed by atoms with van der Waals surface area (Å²) in [4.78, 5) is 4.31. The number of nitrogens with one attached hydrogen (secondary N) is 1. The van der Waals surface area contributed by atoms with E-state index >= 15 is 0 Å². The summed E-state index contributed by atoms with van der Waals surface area (Å²) in [5.41, 5.74) is 1.11. The van der Waals surface area contributed by atoms with Gasteiger partial charge in [-0.25, -0.2) is 0 Å². The molecule has 2 rings (SSSR count). The van der Waals surface area contributed by atoms with Crippen molar-refractivity contribution in [2.24, 2.45) is 5.92 Å². The fourth-order valence-corrected chi connectivity index (χ4v) is 1.92. The lowest BCUT2D eigenvalue weighted by molar-refractivity contribution is 0.0242. The summed E-state index contributed by atoms with van der Waals surface area (Å²) in [5.74, 6) is 0.556. The molecule has 0 radical (unpaired) electrons. The molecule has 1 aliphatic carbocycles. The highest BCUT2D eigenvalue weighted by atomic mass is 16.5. The molecule has 3 heteroatoms. The van der Waals surface area contributed by atoms with Crippen LogP contribution in [-0.4, -0.2) is 30.3 Å². The summed E-state index contributed by atoms with van der Waals surface area (Å²) < 4.78 is 5.98. The third-order valence-electron chi connectivity index (χ3n) is 3.34. The van der Waals surface area contributed by atoms with E-state index < -0.39 is 0 Å². The molecule has 1 aromatic heterocycles. The van der Waals surface area contributed by atoms with E-state index in [1.54, 1.807) is 0 Å². The third-order valence-corrected chi connectivity index (χ3v) is 3.34. The first-order chi connectivity index (χ1) is 8.75. The Morgan fingerprint density at radius 2 is 2.22 bits per heavy atom. The zero-order valence-electron chi connectivity index (χ0n) is 11.4. The molecule has 1 fully saturated rings. The van der Waals surface area contributed by atoms with E-state index in [0.717, 1.165) is 31.3 Å². The number of aromatic nitrogens is 1. The summed E-state index contributed by atoms with van der Waals surface area (Å²) in [6, 6.07) is 6.78. The number of rotatable bonds is 8. The highest BCUT2D eigenvalue weighted by Gasteiger charge is 2.23. The molecule has 1 saturated carbocycles. The van der Waals surface area contributed by atoms with Crippen LogP contribution in [0.1, 0.15) is 32.4 Å². The molecule has 1 heterocycles. The first kappa shape index (κ1) is 13.5. The minimum Gasteiger partial charge on any atom is -0.376 e. The Hall–Kier alpha value is -0.930. The monoisotopic (exact) mass is 248 g/mol. The van der Waals surface area contributed by atoms with Crippen LogP contribution < -0.4 is 5.32 Å². The van der Waals surface area contributed by atoms with Gasteiger partial charge < -0.3 is 10.1 Å². The number of ether oxygens (including phenoxy) is 1. The highest BCUT2D eigenvalue weighted by molar-refractivity contribution is 5.03. The van der Waals surface area contributed by atoms with Crippen LogP contribution in [0.3, 0.4) is 0 Å². The second-order valence-corrected chi connectivity index (χ2v) is 5.41. The van der Waals surface area contributed by atoms with Gasteiger partial charge in [0, 0.05) is 30.9 Å². The molecule has 0 spiro atoms. The Labute approximate surface area is 110 Å². The molecule has 1 N–H and O–H groups in total. The van der Waals surface area contributed by atoms with Gasteiger partial charge in [0.25, 0.3) is 0 Å². The van der Waals surface area contributed by atoms with Crippen molar-refractivity contribution in [2.75, 3.05) is 13.2 Å². The van der Waals surface area contributed by atoms with Gasteiger partial charge in [-0.2, -0.15) is 0 Å². The first-order valence-electron chi connectivity index (χ1n) is 7.00. The SMILES string of the molecule is CC(C)C(CNC1CC1)OCCc1ccccn1.